The minimum atomic E-state index is -3.14. The van der Waals surface area contributed by atoms with Crippen LogP contribution < -0.4 is 0 Å². The quantitative estimate of drug-likeness (QED) is 0.495. The predicted octanol–water partition coefficient (Wildman–Crippen LogP) is -4.46. The van der Waals surface area contributed by atoms with Crippen LogP contribution in [0.4, 0.5) is 0 Å². The first-order valence-electron chi connectivity index (χ1n) is 9.73. The molecular weight excluding hydrogens is 334 g/mol. The van der Waals surface area contributed by atoms with Crippen molar-refractivity contribution in [2.45, 2.75) is 39.3 Å². The summed E-state index contributed by atoms with van der Waals surface area (Å²) < 4.78 is 23.7. The topological polar surface area (TPSA) is 37.4 Å². The molecule has 0 atom stereocenters. The monoisotopic (exact) mass is 365 g/mol. The van der Waals surface area contributed by atoms with E-state index in [1.165, 1.54) is 11.8 Å². The van der Waals surface area contributed by atoms with Crippen molar-refractivity contribution in [1.29, 1.82) is 0 Å². The first-order chi connectivity index (χ1) is 11.7. The van der Waals surface area contributed by atoms with Crippen LogP contribution in [-0.4, -0.2) is 92.9 Å². The van der Waals surface area contributed by atoms with Gasteiger partial charge in [0.2, 0.25) is 0 Å². The largest absolute Gasteiger partial charge is 0.314 e. The molecule has 0 spiro atoms. The van der Waals surface area contributed by atoms with Crippen LogP contribution in [0.3, 0.4) is 0 Å². The molecule has 1 aliphatic heterocycles. The summed E-state index contributed by atoms with van der Waals surface area (Å²) in [6.45, 7) is 2.11. The van der Waals surface area contributed by atoms with Crippen molar-refractivity contribution in [3.05, 3.63) is 29.8 Å². The van der Waals surface area contributed by atoms with Crippen molar-refractivity contribution in [2.75, 3.05) is 19.3 Å². The standard InChI is InChI=1S/C15H30B7NO2S/c1-26(24,25)12-4-2-3-11(9-12)10-5-7-23(8-6-10)15(21,22)13(16,17)14(18,19)20/h2-4,9-10H,5-8,16-22H2,1H3. The Balaban J connectivity index is 2.15. The minimum Gasteiger partial charge on any atom is -0.314 e. The van der Waals surface area contributed by atoms with Gasteiger partial charge in [-0.3, -0.25) is 0 Å². The van der Waals surface area contributed by atoms with Crippen LogP contribution in [0.2, 0.25) is 10.3 Å². The molecule has 3 nitrogen and oxygen atoms in total. The predicted molar refractivity (Wildman–Crippen MR) is 131 cm³/mol. The fourth-order valence-corrected chi connectivity index (χ4v) is 4.76. The van der Waals surface area contributed by atoms with Crippen LogP contribution in [0.25, 0.3) is 0 Å². The number of piperidine rings is 1. The van der Waals surface area contributed by atoms with Gasteiger partial charge in [0.1, 0.15) is 15.7 Å². The van der Waals surface area contributed by atoms with Gasteiger partial charge in [0.25, 0.3) is 0 Å². The Morgan fingerprint density at radius 1 is 1.00 bits per heavy atom. The van der Waals surface area contributed by atoms with Gasteiger partial charge in [0.15, 0.2) is 9.84 Å². The normalized spacial score (nSPS) is 18.7. The molecule has 1 aromatic rings. The second-order valence-electron chi connectivity index (χ2n) is 10.0. The fraction of sp³-hybridized carbons (Fsp3) is 0.600. The molecule has 134 valence electrons. The van der Waals surface area contributed by atoms with Gasteiger partial charge in [0, 0.05) is 6.26 Å². The minimum absolute atomic E-state index is 0.102. The lowest BCUT2D eigenvalue weighted by Gasteiger charge is -2.59. The molecule has 1 aliphatic rings. The van der Waals surface area contributed by atoms with Gasteiger partial charge < -0.3 is 4.90 Å². The molecule has 0 saturated carbocycles. The molecule has 0 bridgehead atoms. The number of rotatable bonds is 5. The van der Waals surface area contributed by atoms with E-state index in [4.69, 9.17) is 0 Å². The van der Waals surface area contributed by atoms with E-state index < -0.39 is 9.84 Å². The van der Waals surface area contributed by atoms with Crippen molar-refractivity contribution in [3.63, 3.8) is 0 Å². The first-order valence-corrected chi connectivity index (χ1v) is 11.6. The molecule has 0 amide bonds. The Morgan fingerprint density at radius 3 is 2.00 bits per heavy atom. The summed E-state index contributed by atoms with van der Waals surface area (Å²) in [7, 11) is 13.4. The maximum atomic E-state index is 11.8. The average Bonchev–Trinajstić information content (AvgIpc) is 2.53. The van der Waals surface area contributed by atoms with E-state index in [1.807, 2.05) is 12.1 Å². The van der Waals surface area contributed by atoms with Gasteiger partial charge >= 0.3 is 0 Å². The molecule has 1 saturated heterocycles. The summed E-state index contributed by atoms with van der Waals surface area (Å²) in [5, 5.41) is 0.491. The molecule has 0 aliphatic carbocycles. The second kappa shape index (κ2) is 7.20. The van der Waals surface area contributed by atoms with Crippen LogP contribution in [-0.2, 0) is 9.84 Å². The van der Waals surface area contributed by atoms with Crippen molar-refractivity contribution < 1.29 is 8.42 Å². The SMILES string of the molecule is BC(B)(B)C(B)(B)C(B)(B)N1CCC(c2cccc(S(C)(=O)=O)c2)CC1. The number of nitrogens with zero attached hydrogens (tertiary/aromatic N) is 1. The zero-order chi connectivity index (χ0) is 20.0. The van der Waals surface area contributed by atoms with Gasteiger partial charge in [-0.15, -0.1) is 5.11 Å². The van der Waals surface area contributed by atoms with Crippen LogP contribution in [0.5, 0.6) is 0 Å². The highest BCUT2D eigenvalue weighted by Crippen LogP contribution is 2.48. The Hall–Kier alpha value is -0.415. The highest BCUT2D eigenvalue weighted by Gasteiger charge is 2.47. The summed E-state index contributed by atoms with van der Waals surface area (Å²) in [5.41, 5.74) is 1.17. The van der Waals surface area contributed by atoms with Gasteiger partial charge in [-0.25, -0.2) is 8.42 Å². The van der Waals surface area contributed by atoms with E-state index in [2.05, 4.69) is 65.9 Å². The van der Waals surface area contributed by atoms with Gasteiger partial charge in [0.05, 0.1) is 44.1 Å². The zero-order valence-electron chi connectivity index (χ0n) is 17.9. The van der Waals surface area contributed by atoms with Crippen molar-refractivity contribution >= 4 is 64.8 Å². The summed E-state index contributed by atoms with van der Waals surface area (Å²) >= 11 is 0. The Labute approximate surface area is 166 Å². The second-order valence-corrected chi connectivity index (χ2v) is 12.1. The van der Waals surface area contributed by atoms with Crippen molar-refractivity contribution in [2.24, 2.45) is 0 Å². The molecular formula is C15H30B7NO2S. The third kappa shape index (κ3) is 4.19. The fourth-order valence-electron chi connectivity index (χ4n) is 4.08. The zero-order valence-corrected chi connectivity index (χ0v) is 18.7. The Kier molecular flexibility index (Phi) is 6.06. The highest BCUT2D eigenvalue weighted by atomic mass is 32.2. The van der Waals surface area contributed by atoms with E-state index >= 15 is 0 Å². The smallest absolute Gasteiger partial charge is 0.175 e. The van der Waals surface area contributed by atoms with Crippen LogP contribution in [0.15, 0.2) is 29.2 Å². The summed E-state index contributed by atoms with van der Waals surface area (Å²) in [5.74, 6) is 0.446. The molecule has 0 unspecified atom stereocenters. The molecule has 0 radical (unpaired) electrons. The summed E-state index contributed by atoms with van der Waals surface area (Å²) in [6.07, 6.45) is 3.44. The van der Waals surface area contributed by atoms with Gasteiger partial charge in [-0.1, -0.05) is 17.3 Å². The lowest BCUT2D eigenvalue weighted by molar-refractivity contribution is 0.157. The van der Waals surface area contributed by atoms with E-state index in [0.29, 0.717) is 10.8 Å². The Bertz CT molecular complexity index is 754. The highest BCUT2D eigenvalue weighted by molar-refractivity contribution is 7.90. The van der Waals surface area contributed by atoms with Crippen LogP contribution in [0, 0.1) is 0 Å². The number of hydrogen-bond acceptors (Lipinski definition) is 3. The van der Waals surface area contributed by atoms with Gasteiger partial charge in [-0.2, -0.15) is 0 Å². The maximum Gasteiger partial charge on any atom is 0.175 e. The molecule has 0 aromatic heterocycles. The van der Waals surface area contributed by atoms with Crippen molar-refractivity contribution in [3.8, 4) is 0 Å². The number of likely N-dealkylation sites (tertiary alicyclic amines) is 1. The lowest BCUT2D eigenvalue weighted by atomic mass is 9.15. The maximum absolute atomic E-state index is 11.8. The lowest BCUT2D eigenvalue weighted by Crippen LogP contribution is -2.64. The number of sulfone groups is 1. The first kappa shape index (κ1) is 21.9. The number of hydrogen-bond donors (Lipinski definition) is 0. The molecule has 1 aromatic carbocycles. The number of benzene rings is 1. The Morgan fingerprint density at radius 2 is 1.54 bits per heavy atom. The molecule has 1 fully saturated rings. The third-order valence-corrected chi connectivity index (χ3v) is 8.56. The molecule has 1 heterocycles. The summed E-state index contributed by atoms with van der Waals surface area (Å²) in [6, 6.07) is 7.53. The van der Waals surface area contributed by atoms with E-state index in [9.17, 15) is 8.42 Å². The van der Waals surface area contributed by atoms with E-state index in [-0.39, 0.29) is 15.7 Å². The van der Waals surface area contributed by atoms with Crippen LogP contribution >= 0.6 is 0 Å². The molecule has 26 heavy (non-hydrogen) atoms. The molecule has 2 rings (SSSR count). The van der Waals surface area contributed by atoms with E-state index in [0.717, 1.165) is 25.9 Å². The third-order valence-electron chi connectivity index (χ3n) is 7.45. The summed E-state index contributed by atoms with van der Waals surface area (Å²) in [4.78, 5) is 3.07. The van der Waals surface area contributed by atoms with Gasteiger partial charge in [-0.05, 0) is 54.9 Å². The average molecular weight is 364 g/mol. The molecule has 0 N–H and O–H groups in total. The van der Waals surface area contributed by atoms with E-state index in [1.54, 1.807) is 6.07 Å². The molecule has 11 heteroatoms. The van der Waals surface area contributed by atoms with Crippen LogP contribution in [0.1, 0.15) is 24.3 Å². The van der Waals surface area contributed by atoms with Crippen molar-refractivity contribution in [1.82, 2.24) is 4.90 Å².